The first-order valence-corrected chi connectivity index (χ1v) is 4.85. The van der Waals surface area contributed by atoms with E-state index in [2.05, 4.69) is 4.98 Å². The Morgan fingerprint density at radius 2 is 2.00 bits per heavy atom. The Hall–Kier alpha value is -0.900. The van der Waals surface area contributed by atoms with Crippen molar-refractivity contribution in [1.29, 1.82) is 0 Å². The van der Waals surface area contributed by atoms with Gasteiger partial charge in [0.15, 0.2) is 5.69 Å². The molecule has 0 fully saturated rings. The molecule has 1 rings (SSSR count). The molecule has 0 atom stereocenters. The maximum absolute atomic E-state index is 10.8. The molecule has 72 valence electrons. The second-order valence-corrected chi connectivity index (χ2v) is 5.17. The van der Waals surface area contributed by atoms with Crippen LogP contribution in [0.5, 0.6) is 0 Å². The zero-order chi connectivity index (χ0) is 10.2. The normalized spacial score (nSPS) is 11.7. The third-order valence-electron chi connectivity index (χ3n) is 1.62. The first-order chi connectivity index (χ1) is 5.82. The van der Waals surface area contributed by atoms with E-state index in [-0.39, 0.29) is 11.1 Å². The van der Waals surface area contributed by atoms with Crippen LogP contribution in [0.1, 0.15) is 41.1 Å². The molecule has 0 unspecified atom stereocenters. The molecule has 0 aliphatic carbocycles. The Kier molecular flexibility index (Phi) is 2.43. The van der Waals surface area contributed by atoms with Crippen molar-refractivity contribution in [3.63, 3.8) is 0 Å². The van der Waals surface area contributed by atoms with E-state index >= 15 is 0 Å². The largest absolute Gasteiger partial charge is 0.476 e. The topological polar surface area (TPSA) is 50.2 Å². The number of carboxylic acids is 1. The molecule has 1 N–H and O–H groups in total. The number of hydrogen-bond donors (Lipinski definition) is 1. The van der Waals surface area contributed by atoms with E-state index < -0.39 is 5.97 Å². The van der Waals surface area contributed by atoms with Crippen molar-refractivity contribution in [2.24, 2.45) is 0 Å². The highest BCUT2D eigenvalue weighted by molar-refractivity contribution is 7.12. The molecule has 4 heteroatoms. The van der Waals surface area contributed by atoms with Crippen LogP contribution in [0.15, 0.2) is 0 Å². The number of aromatic carboxylic acids is 1. The summed E-state index contributed by atoms with van der Waals surface area (Å²) in [6.45, 7) is 7.80. The second kappa shape index (κ2) is 3.10. The summed E-state index contributed by atoms with van der Waals surface area (Å²) >= 11 is 1.46. The van der Waals surface area contributed by atoms with Crippen molar-refractivity contribution in [3.8, 4) is 0 Å². The highest BCUT2D eigenvalue weighted by atomic mass is 32.1. The molecule has 0 aliphatic heterocycles. The minimum atomic E-state index is -0.936. The van der Waals surface area contributed by atoms with Crippen LogP contribution in [0, 0.1) is 6.92 Å². The Labute approximate surface area is 81.4 Å². The predicted octanol–water partition coefficient (Wildman–Crippen LogP) is 2.45. The first kappa shape index (κ1) is 10.2. The molecule has 0 saturated carbocycles. The predicted molar refractivity (Wildman–Crippen MR) is 52.5 cm³/mol. The standard InChI is InChI=1S/C9H13NO2S/c1-5-10-6(8(11)12)7(13-5)9(2,3)4/h1-4H3,(H,11,12). The number of aryl methyl sites for hydroxylation is 1. The summed E-state index contributed by atoms with van der Waals surface area (Å²) in [5, 5.41) is 9.69. The zero-order valence-corrected chi connectivity index (χ0v) is 9.03. The highest BCUT2D eigenvalue weighted by Gasteiger charge is 2.25. The maximum Gasteiger partial charge on any atom is 0.355 e. The number of nitrogens with zero attached hydrogens (tertiary/aromatic N) is 1. The van der Waals surface area contributed by atoms with Gasteiger partial charge >= 0.3 is 5.97 Å². The third kappa shape index (κ3) is 2.06. The molecular weight excluding hydrogens is 186 g/mol. The van der Waals surface area contributed by atoms with Gasteiger partial charge in [-0.2, -0.15) is 0 Å². The molecule has 0 amide bonds. The van der Waals surface area contributed by atoms with E-state index in [1.807, 2.05) is 27.7 Å². The molecule has 1 aromatic rings. The molecule has 0 aromatic carbocycles. The van der Waals surface area contributed by atoms with Crippen LogP contribution in [0.2, 0.25) is 0 Å². The van der Waals surface area contributed by atoms with Gasteiger partial charge in [0.05, 0.1) is 5.01 Å². The van der Waals surface area contributed by atoms with Crippen molar-refractivity contribution in [3.05, 3.63) is 15.6 Å². The average molecular weight is 199 g/mol. The van der Waals surface area contributed by atoms with Crippen molar-refractivity contribution in [2.75, 3.05) is 0 Å². The Morgan fingerprint density at radius 3 is 2.31 bits per heavy atom. The van der Waals surface area contributed by atoms with E-state index in [4.69, 9.17) is 5.11 Å². The fraction of sp³-hybridized carbons (Fsp3) is 0.556. The summed E-state index contributed by atoms with van der Waals surface area (Å²) in [5.41, 5.74) is 0.0645. The number of thiazole rings is 1. The summed E-state index contributed by atoms with van der Waals surface area (Å²) in [7, 11) is 0. The van der Waals surface area contributed by atoms with Gasteiger partial charge < -0.3 is 5.11 Å². The van der Waals surface area contributed by atoms with Crippen LogP contribution < -0.4 is 0 Å². The van der Waals surface area contributed by atoms with Crippen molar-refractivity contribution in [1.82, 2.24) is 4.98 Å². The van der Waals surface area contributed by atoms with Gasteiger partial charge in [0.25, 0.3) is 0 Å². The van der Waals surface area contributed by atoms with E-state index in [1.54, 1.807) is 0 Å². The SMILES string of the molecule is Cc1nc(C(=O)O)c(C(C)(C)C)s1. The molecule has 0 spiro atoms. The van der Waals surface area contributed by atoms with E-state index in [9.17, 15) is 4.79 Å². The third-order valence-corrected chi connectivity index (χ3v) is 3.01. The van der Waals surface area contributed by atoms with Crippen LogP contribution in [-0.2, 0) is 5.41 Å². The van der Waals surface area contributed by atoms with E-state index in [0.717, 1.165) is 9.88 Å². The lowest BCUT2D eigenvalue weighted by Gasteiger charge is -2.16. The van der Waals surface area contributed by atoms with Gasteiger partial charge in [-0.05, 0) is 12.3 Å². The lowest BCUT2D eigenvalue weighted by molar-refractivity contribution is 0.0688. The van der Waals surface area contributed by atoms with E-state index in [1.165, 1.54) is 11.3 Å². The minimum absolute atomic E-state index is 0.139. The molecule has 3 nitrogen and oxygen atoms in total. The Balaban J connectivity index is 3.28. The van der Waals surface area contributed by atoms with Crippen LogP contribution in [-0.4, -0.2) is 16.1 Å². The summed E-state index contributed by atoms with van der Waals surface area (Å²) in [6.07, 6.45) is 0. The van der Waals surface area contributed by atoms with Crippen LogP contribution in [0.25, 0.3) is 0 Å². The molecule has 0 radical (unpaired) electrons. The van der Waals surface area contributed by atoms with Gasteiger partial charge in [-0.1, -0.05) is 20.8 Å². The quantitative estimate of drug-likeness (QED) is 0.755. The highest BCUT2D eigenvalue weighted by Crippen LogP contribution is 2.31. The summed E-state index contributed by atoms with van der Waals surface area (Å²) in [6, 6.07) is 0. The summed E-state index contributed by atoms with van der Waals surface area (Å²) in [4.78, 5) is 15.7. The molecule has 13 heavy (non-hydrogen) atoms. The van der Waals surface area contributed by atoms with Crippen molar-refractivity contribution >= 4 is 17.3 Å². The van der Waals surface area contributed by atoms with Crippen LogP contribution >= 0.6 is 11.3 Å². The number of carboxylic acid groups (broad SMARTS) is 1. The first-order valence-electron chi connectivity index (χ1n) is 4.03. The molecule has 1 heterocycles. The van der Waals surface area contributed by atoms with Gasteiger partial charge in [-0.15, -0.1) is 11.3 Å². The monoisotopic (exact) mass is 199 g/mol. The van der Waals surface area contributed by atoms with Crippen molar-refractivity contribution < 1.29 is 9.90 Å². The fourth-order valence-corrected chi connectivity index (χ4v) is 2.05. The smallest absolute Gasteiger partial charge is 0.355 e. The average Bonchev–Trinajstić information content (AvgIpc) is 2.29. The lowest BCUT2D eigenvalue weighted by Crippen LogP contribution is -2.14. The molecule has 1 aromatic heterocycles. The number of carbonyl (C=O) groups is 1. The molecule has 0 aliphatic rings. The van der Waals surface area contributed by atoms with Gasteiger partial charge in [0.1, 0.15) is 0 Å². The number of hydrogen-bond acceptors (Lipinski definition) is 3. The maximum atomic E-state index is 10.8. The second-order valence-electron chi connectivity index (χ2n) is 3.97. The Morgan fingerprint density at radius 1 is 1.46 bits per heavy atom. The number of aromatic nitrogens is 1. The van der Waals surface area contributed by atoms with Crippen LogP contribution in [0.4, 0.5) is 0 Å². The van der Waals surface area contributed by atoms with Gasteiger partial charge in [0.2, 0.25) is 0 Å². The Bertz CT molecular complexity index is 336. The lowest BCUT2D eigenvalue weighted by atomic mass is 9.93. The van der Waals surface area contributed by atoms with E-state index in [0.29, 0.717) is 0 Å². The van der Waals surface area contributed by atoms with Gasteiger partial charge in [-0.3, -0.25) is 0 Å². The van der Waals surface area contributed by atoms with Gasteiger partial charge in [-0.25, -0.2) is 9.78 Å². The van der Waals surface area contributed by atoms with Gasteiger partial charge in [0, 0.05) is 4.88 Å². The molecule has 0 saturated heterocycles. The fourth-order valence-electron chi connectivity index (χ4n) is 1.08. The summed E-state index contributed by atoms with van der Waals surface area (Å²) < 4.78 is 0. The number of rotatable bonds is 1. The molecule has 0 bridgehead atoms. The molecular formula is C9H13NO2S. The minimum Gasteiger partial charge on any atom is -0.476 e. The van der Waals surface area contributed by atoms with Crippen LogP contribution in [0.3, 0.4) is 0 Å². The zero-order valence-electron chi connectivity index (χ0n) is 8.21. The summed E-state index contributed by atoms with van der Waals surface area (Å²) in [5.74, 6) is -0.936. The van der Waals surface area contributed by atoms with Crippen molar-refractivity contribution in [2.45, 2.75) is 33.1 Å².